The summed E-state index contributed by atoms with van der Waals surface area (Å²) in [6.07, 6.45) is 0.714. The number of carbonyl (C=O) groups is 2. The van der Waals surface area contributed by atoms with Gasteiger partial charge in [0, 0.05) is 31.7 Å². The molecule has 0 aromatic heterocycles. The number of Topliss-reactive ketones (excluding diaryl/α,β-unsaturated/α-hetero) is 1. The first-order valence-corrected chi connectivity index (χ1v) is 11.8. The number of ketones is 1. The number of ether oxygens (including phenoxy) is 3. The fraction of sp³-hybridized carbons (Fsp3) is 0.407. The number of likely N-dealkylation sites (tertiary alicyclic amines) is 1. The van der Waals surface area contributed by atoms with Gasteiger partial charge in [-0.2, -0.15) is 0 Å². The van der Waals surface area contributed by atoms with Crippen LogP contribution >= 0.6 is 0 Å². The maximum Gasteiger partial charge on any atom is 0.295 e. The molecule has 1 amide bonds. The van der Waals surface area contributed by atoms with Crippen molar-refractivity contribution in [2.75, 3.05) is 53.6 Å². The van der Waals surface area contributed by atoms with Crippen molar-refractivity contribution >= 4 is 17.4 Å². The van der Waals surface area contributed by atoms with Gasteiger partial charge in [0.25, 0.3) is 11.7 Å². The Morgan fingerprint density at radius 3 is 2.34 bits per heavy atom. The predicted octanol–water partition coefficient (Wildman–Crippen LogP) is 3.16. The summed E-state index contributed by atoms with van der Waals surface area (Å²) in [5.41, 5.74) is 2.31. The number of hydrogen-bond acceptors (Lipinski definition) is 7. The van der Waals surface area contributed by atoms with Crippen LogP contribution in [0.5, 0.6) is 11.5 Å². The Bertz CT molecular complexity index is 1110. The number of rotatable bonds is 8. The van der Waals surface area contributed by atoms with E-state index in [0.717, 1.165) is 30.8 Å². The third-order valence-electron chi connectivity index (χ3n) is 6.57. The average molecular weight is 481 g/mol. The van der Waals surface area contributed by atoms with E-state index in [2.05, 4.69) is 4.90 Å². The summed E-state index contributed by atoms with van der Waals surface area (Å²) in [5, 5.41) is 11.3. The number of aliphatic hydroxyl groups is 1. The number of aliphatic hydroxyl groups excluding tert-OH is 1. The fourth-order valence-electron chi connectivity index (χ4n) is 4.63. The summed E-state index contributed by atoms with van der Waals surface area (Å²) >= 11 is 0. The van der Waals surface area contributed by atoms with Crippen LogP contribution in [0.1, 0.15) is 29.2 Å². The van der Waals surface area contributed by atoms with Gasteiger partial charge in [0.1, 0.15) is 5.76 Å². The topological polar surface area (TPSA) is 88.5 Å². The molecule has 2 heterocycles. The van der Waals surface area contributed by atoms with Crippen molar-refractivity contribution in [1.29, 1.82) is 0 Å². The molecule has 186 valence electrons. The smallest absolute Gasteiger partial charge is 0.295 e. The number of morpholine rings is 1. The fourth-order valence-corrected chi connectivity index (χ4v) is 4.63. The van der Waals surface area contributed by atoms with Crippen LogP contribution in [0, 0.1) is 6.92 Å². The Labute approximate surface area is 205 Å². The first-order chi connectivity index (χ1) is 16.9. The van der Waals surface area contributed by atoms with Crippen LogP contribution in [0.3, 0.4) is 0 Å². The first-order valence-electron chi connectivity index (χ1n) is 11.8. The van der Waals surface area contributed by atoms with Crippen molar-refractivity contribution in [3.05, 3.63) is 64.7 Å². The van der Waals surface area contributed by atoms with Crippen LogP contribution in [0.25, 0.3) is 5.76 Å². The van der Waals surface area contributed by atoms with Gasteiger partial charge in [-0.3, -0.25) is 14.5 Å². The third-order valence-corrected chi connectivity index (χ3v) is 6.57. The SMILES string of the molecule is COc1ccc(C(O)=C2C(=O)C(=O)N(CCCN3CCOCC3)[C@@H]2c2ccc(C)cc2)cc1OC. The van der Waals surface area contributed by atoms with Gasteiger partial charge >= 0.3 is 0 Å². The highest BCUT2D eigenvalue weighted by Crippen LogP contribution is 2.40. The van der Waals surface area contributed by atoms with Gasteiger partial charge in [0.05, 0.1) is 39.0 Å². The standard InChI is InChI=1S/C27H32N2O6/c1-18-5-7-19(8-6-18)24-23(25(30)20-9-10-21(33-2)22(17-20)34-3)26(31)27(32)29(24)12-4-11-28-13-15-35-16-14-28/h5-10,17,24,30H,4,11-16H2,1-3H3/t24-/m1/s1. The molecular formula is C27H32N2O6. The number of carbonyl (C=O) groups excluding carboxylic acids is 2. The Balaban J connectivity index is 1.69. The monoisotopic (exact) mass is 480 g/mol. The lowest BCUT2D eigenvalue weighted by molar-refractivity contribution is -0.140. The zero-order chi connectivity index (χ0) is 24.9. The van der Waals surface area contributed by atoms with Crippen LogP contribution in [-0.4, -0.2) is 80.2 Å². The van der Waals surface area contributed by atoms with E-state index in [9.17, 15) is 14.7 Å². The van der Waals surface area contributed by atoms with E-state index in [0.29, 0.717) is 43.2 Å². The van der Waals surface area contributed by atoms with E-state index >= 15 is 0 Å². The van der Waals surface area contributed by atoms with Gasteiger partial charge in [-0.25, -0.2) is 0 Å². The number of aryl methyl sites for hydroxylation is 1. The van der Waals surface area contributed by atoms with Crippen LogP contribution in [0.2, 0.25) is 0 Å². The minimum Gasteiger partial charge on any atom is -0.507 e. The Morgan fingerprint density at radius 2 is 1.69 bits per heavy atom. The number of amides is 1. The van der Waals surface area contributed by atoms with Crippen molar-refractivity contribution in [2.45, 2.75) is 19.4 Å². The molecule has 0 saturated carbocycles. The minimum absolute atomic E-state index is 0.0810. The zero-order valence-corrected chi connectivity index (χ0v) is 20.5. The summed E-state index contributed by atoms with van der Waals surface area (Å²) in [5.74, 6) is -0.592. The molecule has 35 heavy (non-hydrogen) atoms. The van der Waals surface area contributed by atoms with Crippen LogP contribution in [-0.2, 0) is 14.3 Å². The number of nitrogens with zero attached hydrogens (tertiary/aromatic N) is 2. The van der Waals surface area contributed by atoms with Gasteiger partial charge in [0.2, 0.25) is 0 Å². The van der Waals surface area contributed by atoms with E-state index in [1.54, 1.807) is 23.1 Å². The predicted molar refractivity (Wildman–Crippen MR) is 132 cm³/mol. The van der Waals surface area contributed by atoms with Gasteiger partial charge in [-0.1, -0.05) is 29.8 Å². The third kappa shape index (κ3) is 5.18. The van der Waals surface area contributed by atoms with E-state index in [1.807, 2.05) is 31.2 Å². The molecule has 8 heteroatoms. The maximum absolute atomic E-state index is 13.2. The lowest BCUT2D eigenvalue weighted by Crippen LogP contribution is -2.38. The molecule has 2 aliphatic rings. The summed E-state index contributed by atoms with van der Waals surface area (Å²) in [6, 6.07) is 11.9. The molecule has 1 N–H and O–H groups in total. The second-order valence-corrected chi connectivity index (χ2v) is 8.78. The molecule has 1 atom stereocenters. The molecule has 0 spiro atoms. The lowest BCUT2D eigenvalue weighted by atomic mass is 9.94. The number of benzene rings is 2. The summed E-state index contributed by atoms with van der Waals surface area (Å²) in [7, 11) is 3.03. The molecule has 0 bridgehead atoms. The van der Waals surface area contributed by atoms with Gasteiger partial charge in [-0.05, 0) is 37.1 Å². The van der Waals surface area contributed by atoms with E-state index in [1.165, 1.54) is 14.2 Å². The molecule has 2 aliphatic heterocycles. The lowest BCUT2D eigenvalue weighted by Gasteiger charge is -2.29. The molecule has 0 radical (unpaired) electrons. The molecule has 0 aliphatic carbocycles. The summed E-state index contributed by atoms with van der Waals surface area (Å²) in [4.78, 5) is 30.3. The highest BCUT2D eigenvalue weighted by Gasteiger charge is 2.45. The number of hydrogen-bond donors (Lipinski definition) is 1. The molecular weight excluding hydrogens is 448 g/mol. The molecule has 0 unspecified atom stereocenters. The van der Waals surface area contributed by atoms with Gasteiger partial charge in [-0.15, -0.1) is 0 Å². The van der Waals surface area contributed by atoms with Crippen molar-refractivity contribution < 1.29 is 28.9 Å². The largest absolute Gasteiger partial charge is 0.507 e. The van der Waals surface area contributed by atoms with E-state index < -0.39 is 17.7 Å². The molecule has 2 saturated heterocycles. The van der Waals surface area contributed by atoms with Crippen molar-refractivity contribution in [2.24, 2.45) is 0 Å². The van der Waals surface area contributed by atoms with Crippen molar-refractivity contribution in [3.63, 3.8) is 0 Å². The highest BCUT2D eigenvalue weighted by atomic mass is 16.5. The maximum atomic E-state index is 13.2. The van der Waals surface area contributed by atoms with E-state index in [-0.39, 0.29) is 11.3 Å². The summed E-state index contributed by atoms with van der Waals surface area (Å²) in [6.45, 7) is 6.33. The Morgan fingerprint density at radius 1 is 1.00 bits per heavy atom. The Hall–Kier alpha value is -3.36. The zero-order valence-electron chi connectivity index (χ0n) is 20.5. The Kier molecular flexibility index (Phi) is 7.73. The van der Waals surface area contributed by atoms with Crippen LogP contribution in [0.4, 0.5) is 0 Å². The molecule has 2 aromatic carbocycles. The normalized spacial score (nSPS) is 20.3. The molecule has 2 fully saturated rings. The van der Waals surface area contributed by atoms with Crippen LogP contribution in [0.15, 0.2) is 48.0 Å². The van der Waals surface area contributed by atoms with Crippen molar-refractivity contribution in [3.8, 4) is 11.5 Å². The van der Waals surface area contributed by atoms with E-state index in [4.69, 9.17) is 14.2 Å². The minimum atomic E-state index is -0.686. The molecule has 8 nitrogen and oxygen atoms in total. The number of methoxy groups -OCH3 is 2. The quantitative estimate of drug-likeness (QED) is 0.353. The van der Waals surface area contributed by atoms with Gasteiger partial charge < -0.3 is 24.2 Å². The first kappa shape index (κ1) is 24.8. The molecule has 4 rings (SSSR count). The molecule has 2 aromatic rings. The average Bonchev–Trinajstić information content (AvgIpc) is 3.14. The van der Waals surface area contributed by atoms with Crippen LogP contribution < -0.4 is 9.47 Å². The van der Waals surface area contributed by atoms with Gasteiger partial charge in [0.15, 0.2) is 11.5 Å². The second-order valence-electron chi connectivity index (χ2n) is 8.78. The van der Waals surface area contributed by atoms with Crippen molar-refractivity contribution in [1.82, 2.24) is 9.80 Å². The summed E-state index contributed by atoms with van der Waals surface area (Å²) < 4.78 is 16.1. The highest BCUT2D eigenvalue weighted by molar-refractivity contribution is 6.46. The second kappa shape index (κ2) is 10.9.